The maximum atomic E-state index is 11.9. The molecule has 0 atom stereocenters. The van der Waals surface area contributed by atoms with E-state index in [1.165, 1.54) is 0 Å². The first-order valence-electron chi connectivity index (χ1n) is 5.69. The third kappa shape index (κ3) is 2.22. The van der Waals surface area contributed by atoms with Crippen molar-refractivity contribution >= 4 is 20.7 Å². The molecule has 1 heterocycles. The van der Waals surface area contributed by atoms with Crippen LogP contribution in [0.2, 0.25) is 0 Å². The third-order valence-electron chi connectivity index (χ3n) is 3.07. The van der Waals surface area contributed by atoms with E-state index in [2.05, 4.69) is 4.98 Å². The van der Waals surface area contributed by atoms with E-state index >= 15 is 0 Å². The van der Waals surface area contributed by atoms with Crippen LogP contribution in [0.1, 0.15) is 25.0 Å². The highest BCUT2D eigenvalue weighted by molar-refractivity contribution is 7.91. The number of sulfone groups is 1. The summed E-state index contributed by atoms with van der Waals surface area (Å²) in [6.07, 6.45) is 1.80. The van der Waals surface area contributed by atoms with Crippen LogP contribution in [0.4, 0.5) is 0 Å². The molecule has 1 aromatic carbocycles. The molecule has 0 aliphatic heterocycles. The van der Waals surface area contributed by atoms with Crippen LogP contribution in [0.5, 0.6) is 0 Å². The van der Waals surface area contributed by atoms with Gasteiger partial charge in [0, 0.05) is 17.1 Å². The maximum Gasteiger partial charge on any atom is 0.156 e. The lowest BCUT2D eigenvalue weighted by Crippen LogP contribution is -2.15. The lowest BCUT2D eigenvalue weighted by molar-refractivity contribution is 0.586. The summed E-state index contributed by atoms with van der Waals surface area (Å²) in [5.41, 5.74) is 2.98. The van der Waals surface area contributed by atoms with E-state index in [0.717, 1.165) is 22.0 Å². The van der Waals surface area contributed by atoms with E-state index in [0.29, 0.717) is 0 Å². The van der Waals surface area contributed by atoms with E-state index in [1.54, 1.807) is 20.0 Å². The molecule has 1 N–H and O–H groups in total. The molecule has 0 saturated heterocycles. The molecular formula is C13H17NO2S. The fourth-order valence-corrected chi connectivity index (χ4v) is 2.94. The molecular weight excluding hydrogens is 234 g/mol. The summed E-state index contributed by atoms with van der Waals surface area (Å²) < 4.78 is 23.9. The number of benzene rings is 1. The largest absolute Gasteiger partial charge is 0.361 e. The predicted octanol–water partition coefficient (Wildman–Crippen LogP) is 2.80. The second kappa shape index (κ2) is 4.18. The van der Waals surface area contributed by atoms with Crippen molar-refractivity contribution in [2.45, 2.75) is 31.8 Å². The van der Waals surface area contributed by atoms with Crippen molar-refractivity contribution in [3.8, 4) is 0 Å². The summed E-state index contributed by atoms with van der Waals surface area (Å²) in [6.45, 7) is 5.44. The SMILES string of the molecule is Cc1cccc2[nH]cc(CS(=O)(=O)C(C)C)c12. The van der Waals surface area contributed by atoms with Gasteiger partial charge in [-0.25, -0.2) is 8.42 Å². The number of fused-ring (bicyclic) bond motifs is 1. The number of aromatic nitrogens is 1. The van der Waals surface area contributed by atoms with Crippen molar-refractivity contribution in [1.29, 1.82) is 0 Å². The molecule has 0 aliphatic rings. The van der Waals surface area contributed by atoms with E-state index < -0.39 is 9.84 Å². The second-order valence-corrected chi connectivity index (χ2v) is 7.22. The van der Waals surface area contributed by atoms with Gasteiger partial charge in [0.2, 0.25) is 0 Å². The summed E-state index contributed by atoms with van der Waals surface area (Å²) in [5, 5.41) is 0.702. The fraction of sp³-hybridized carbons (Fsp3) is 0.385. The minimum atomic E-state index is -3.05. The topological polar surface area (TPSA) is 49.9 Å². The first-order valence-corrected chi connectivity index (χ1v) is 7.40. The molecule has 0 bridgehead atoms. The number of nitrogens with one attached hydrogen (secondary N) is 1. The predicted molar refractivity (Wildman–Crippen MR) is 70.8 cm³/mol. The van der Waals surface area contributed by atoms with Gasteiger partial charge in [0.15, 0.2) is 9.84 Å². The molecule has 1 aromatic heterocycles. The number of aromatic amines is 1. The third-order valence-corrected chi connectivity index (χ3v) is 5.22. The minimum Gasteiger partial charge on any atom is -0.361 e. The molecule has 0 fully saturated rings. The molecule has 0 amide bonds. The standard InChI is InChI=1S/C13H17NO2S/c1-9(2)17(15,16)8-11-7-14-12-6-4-5-10(3)13(11)12/h4-7,9,14H,8H2,1-3H3. The average molecular weight is 251 g/mol. The summed E-state index contributed by atoms with van der Waals surface area (Å²) >= 11 is 0. The fourth-order valence-electron chi connectivity index (χ4n) is 1.95. The Morgan fingerprint density at radius 3 is 2.65 bits per heavy atom. The van der Waals surface area contributed by atoms with Gasteiger partial charge in [0.25, 0.3) is 0 Å². The van der Waals surface area contributed by atoms with Crippen molar-refractivity contribution in [3.05, 3.63) is 35.5 Å². The molecule has 0 aliphatic carbocycles. The quantitative estimate of drug-likeness (QED) is 0.912. The zero-order chi connectivity index (χ0) is 12.6. The summed E-state index contributed by atoms with van der Waals surface area (Å²) in [5.74, 6) is 0.107. The molecule has 2 aromatic rings. The normalized spacial score (nSPS) is 12.5. The van der Waals surface area contributed by atoms with Crippen molar-refractivity contribution in [2.24, 2.45) is 0 Å². The van der Waals surface area contributed by atoms with Crippen LogP contribution in [-0.2, 0) is 15.6 Å². The zero-order valence-corrected chi connectivity index (χ0v) is 11.1. The second-order valence-electron chi connectivity index (χ2n) is 4.67. The molecule has 0 unspecified atom stereocenters. The lowest BCUT2D eigenvalue weighted by atomic mass is 10.1. The van der Waals surface area contributed by atoms with E-state index in [4.69, 9.17) is 0 Å². The minimum absolute atomic E-state index is 0.107. The molecule has 3 nitrogen and oxygen atoms in total. The van der Waals surface area contributed by atoms with Crippen LogP contribution in [0, 0.1) is 6.92 Å². The summed E-state index contributed by atoms with van der Waals surface area (Å²) in [4.78, 5) is 3.13. The van der Waals surface area contributed by atoms with Crippen LogP contribution < -0.4 is 0 Å². The molecule has 0 spiro atoms. The maximum absolute atomic E-state index is 11.9. The number of hydrogen-bond donors (Lipinski definition) is 1. The Bertz CT molecular complexity index is 638. The Morgan fingerprint density at radius 2 is 2.00 bits per heavy atom. The Balaban J connectivity index is 2.51. The van der Waals surface area contributed by atoms with Crippen LogP contribution in [0.25, 0.3) is 10.9 Å². The zero-order valence-electron chi connectivity index (χ0n) is 10.3. The number of hydrogen-bond acceptors (Lipinski definition) is 2. The highest BCUT2D eigenvalue weighted by Crippen LogP contribution is 2.24. The summed E-state index contributed by atoms with van der Waals surface area (Å²) in [7, 11) is -3.05. The van der Waals surface area contributed by atoms with Crippen LogP contribution in [0.3, 0.4) is 0 Å². The highest BCUT2D eigenvalue weighted by Gasteiger charge is 2.19. The van der Waals surface area contributed by atoms with Crippen molar-refractivity contribution < 1.29 is 8.42 Å². The van der Waals surface area contributed by atoms with Crippen molar-refractivity contribution in [1.82, 2.24) is 4.98 Å². The number of aryl methyl sites for hydroxylation is 1. The van der Waals surface area contributed by atoms with E-state index in [1.807, 2.05) is 25.1 Å². The van der Waals surface area contributed by atoms with E-state index in [9.17, 15) is 8.42 Å². The number of H-pyrrole nitrogens is 1. The van der Waals surface area contributed by atoms with Gasteiger partial charge in [-0.15, -0.1) is 0 Å². The van der Waals surface area contributed by atoms with Gasteiger partial charge < -0.3 is 4.98 Å². The van der Waals surface area contributed by atoms with Crippen LogP contribution in [0.15, 0.2) is 24.4 Å². The van der Waals surface area contributed by atoms with Gasteiger partial charge in [0.05, 0.1) is 11.0 Å². The lowest BCUT2D eigenvalue weighted by Gasteiger charge is -2.07. The molecule has 92 valence electrons. The van der Waals surface area contributed by atoms with Gasteiger partial charge in [0.1, 0.15) is 0 Å². The summed E-state index contributed by atoms with van der Waals surface area (Å²) in [6, 6.07) is 5.93. The first-order chi connectivity index (χ1) is 7.92. The van der Waals surface area contributed by atoms with Gasteiger partial charge >= 0.3 is 0 Å². The van der Waals surface area contributed by atoms with Gasteiger partial charge in [-0.2, -0.15) is 0 Å². The molecule has 0 saturated carbocycles. The number of rotatable bonds is 3. The van der Waals surface area contributed by atoms with E-state index in [-0.39, 0.29) is 11.0 Å². The monoisotopic (exact) mass is 251 g/mol. The van der Waals surface area contributed by atoms with Gasteiger partial charge in [-0.1, -0.05) is 12.1 Å². The van der Waals surface area contributed by atoms with Crippen molar-refractivity contribution in [2.75, 3.05) is 0 Å². The smallest absolute Gasteiger partial charge is 0.156 e. The van der Waals surface area contributed by atoms with Gasteiger partial charge in [-0.05, 0) is 38.0 Å². The Morgan fingerprint density at radius 1 is 1.29 bits per heavy atom. The van der Waals surface area contributed by atoms with Crippen LogP contribution >= 0.6 is 0 Å². The van der Waals surface area contributed by atoms with Gasteiger partial charge in [-0.3, -0.25) is 0 Å². The highest BCUT2D eigenvalue weighted by atomic mass is 32.2. The Hall–Kier alpha value is -1.29. The van der Waals surface area contributed by atoms with Crippen molar-refractivity contribution in [3.63, 3.8) is 0 Å². The molecule has 17 heavy (non-hydrogen) atoms. The van der Waals surface area contributed by atoms with Crippen LogP contribution in [-0.4, -0.2) is 18.7 Å². The Labute approximate surface area is 102 Å². The molecule has 4 heteroatoms. The Kier molecular flexibility index (Phi) is 3.00. The molecule has 0 radical (unpaired) electrons. The average Bonchev–Trinajstić information content (AvgIpc) is 2.62. The molecule has 2 rings (SSSR count). The first kappa shape index (κ1) is 12.2.